The molecule has 5 nitrogen and oxygen atoms in total. The normalized spacial score (nSPS) is 16.3. The fourth-order valence-electron chi connectivity index (χ4n) is 2.84. The van der Waals surface area contributed by atoms with Crippen LogP contribution in [0.3, 0.4) is 0 Å². The molecule has 0 N–H and O–H groups in total. The smallest absolute Gasteiger partial charge is 0.242 e. The number of aldehydes is 1. The van der Waals surface area contributed by atoms with Crippen molar-refractivity contribution in [1.29, 1.82) is 0 Å². The molecule has 110 valence electrons. The molecule has 0 radical (unpaired) electrons. The minimum atomic E-state index is 0.0631. The standard InChI is InChI=1S/C16H19N3O2/c1-12-6-8-18(9-7-12)16(21)10-19-14-5-3-2-4-13(14)17-15(19)11-20/h2-5,11-12H,6-10H2,1H3. The maximum Gasteiger partial charge on any atom is 0.242 e. The molecule has 0 bridgehead atoms. The lowest BCUT2D eigenvalue weighted by atomic mass is 9.99. The average Bonchev–Trinajstić information content (AvgIpc) is 2.86. The second-order valence-electron chi connectivity index (χ2n) is 5.73. The second kappa shape index (κ2) is 5.68. The van der Waals surface area contributed by atoms with E-state index in [2.05, 4.69) is 11.9 Å². The number of nitrogens with zero attached hydrogens (tertiary/aromatic N) is 3. The molecule has 0 aliphatic carbocycles. The quantitative estimate of drug-likeness (QED) is 0.812. The molecule has 1 aromatic carbocycles. The molecular formula is C16H19N3O2. The summed E-state index contributed by atoms with van der Waals surface area (Å²) < 4.78 is 1.71. The Kier molecular flexibility index (Phi) is 3.73. The topological polar surface area (TPSA) is 55.2 Å². The van der Waals surface area contributed by atoms with Crippen molar-refractivity contribution in [1.82, 2.24) is 14.5 Å². The van der Waals surface area contributed by atoms with Crippen molar-refractivity contribution in [2.75, 3.05) is 13.1 Å². The molecule has 0 atom stereocenters. The number of imidazole rings is 1. The molecule has 2 heterocycles. The summed E-state index contributed by atoms with van der Waals surface area (Å²) >= 11 is 0. The third kappa shape index (κ3) is 2.68. The number of para-hydroxylation sites is 2. The monoisotopic (exact) mass is 285 g/mol. The largest absolute Gasteiger partial charge is 0.341 e. The van der Waals surface area contributed by atoms with E-state index >= 15 is 0 Å². The van der Waals surface area contributed by atoms with Crippen LogP contribution >= 0.6 is 0 Å². The number of aromatic nitrogens is 2. The van der Waals surface area contributed by atoms with Crippen molar-refractivity contribution >= 4 is 23.2 Å². The molecule has 1 amide bonds. The Bertz CT molecular complexity index is 669. The molecule has 1 aliphatic rings. The molecule has 1 fully saturated rings. The minimum Gasteiger partial charge on any atom is -0.341 e. The van der Waals surface area contributed by atoms with Gasteiger partial charge in [0.25, 0.3) is 0 Å². The number of amides is 1. The molecular weight excluding hydrogens is 266 g/mol. The highest BCUT2D eigenvalue weighted by Crippen LogP contribution is 2.18. The van der Waals surface area contributed by atoms with E-state index in [1.165, 1.54) is 0 Å². The molecule has 0 unspecified atom stereocenters. The highest BCUT2D eigenvalue weighted by Gasteiger charge is 2.22. The van der Waals surface area contributed by atoms with E-state index < -0.39 is 0 Å². The SMILES string of the molecule is CC1CCN(C(=O)Cn2c(C=O)nc3ccccc32)CC1. The zero-order valence-electron chi connectivity index (χ0n) is 12.2. The maximum atomic E-state index is 12.4. The highest BCUT2D eigenvalue weighted by molar-refractivity contribution is 5.86. The van der Waals surface area contributed by atoms with Crippen LogP contribution in [0.15, 0.2) is 24.3 Å². The Morgan fingerprint density at radius 3 is 2.76 bits per heavy atom. The Hall–Kier alpha value is -2.17. The van der Waals surface area contributed by atoms with E-state index in [4.69, 9.17) is 0 Å². The third-order valence-corrected chi connectivity index (χ3v) is 4.22. The number of hydrogen-bond donors (Lipinski definition) is 0. The van der Waals surface area contributed by atoms with Crippen molar-refractivity contribution in [3.63, 3.8) is 0 Å². The molecule has 21 heavy (non-hydrogen) atoms. The minimum absolute atomic E-state index is 0.0631. The number of hydrogen-bond acceptors (Lipinski definition) is 3. The Morgan fingerprint density at radius 1 is 1.33 bits per heavy atom. The summed E-state index contributed by atoms with van der Waals surface area (Å²) in [6.07, 6.45) is 2.82. The molecule has 3 rings (SSSR count). The summed E-state index contributed by atoms with van der Waals surface area (Å²) in [5.41, 5.74) is 1.58. The number of fused-ring (bicyclic) bond motifs is 1. The van der Waals surface area contributed by atoms with Gasteiger partial charge in [0, 0.05) is 13.1 Å². The van der Waals surface area contributed by atoms with E-state index in [-0.39, 0.29) is 12.5 Å². The van der Waals surface area contributed by atoms with Crippen LogP contribution in [0.2, 0.25) is 0 Å². The summed E-state index contributed by atoms with van der Waals surface area (Å²) in [6.45, 7) is 4.02. The van der Waals surface area contributed by atoms with Crippen molar-refractivity contribution in [2.45, 2.75) is 26.3 Å². The summed E-state index contributed by atoms with van der Waals surface area (Å²) in [4.78, 5) is 29.8. The van der Waals surface area contributed by atoms with Crippen molar-refractivity contribution in [3.05, 3.63) is 30.1 Å². The third-order valence-electron chi connectivity index (χ3n) is 4.22. The number of likely N-dealkylation sites (tertiary alicyclic amines) is 1. The van der Waals surface area contributed by atoms with Crippen LogP contribution in [0, 0.1) is 5.92 Å². The molecule has 1 aromatic heterocycles. The van der Waals surface area contributed by atoms with Crippen LogP contribution in [0.5, 0.6) is 0 Å². The van der Waals surface area contributed by atoms with E-state index in [0.29, 0.717) is 18.0 Å². The molecule has 0 spiro atoms. The first-order valence-electron chi connectivity index (χ1n) is 7.37. The molecule has 5 heteroatoms. The van der Waals surface area contributed by atoms with Gasteiger partial charge in [-0.15, -0.1) is 0 Å². The van der Waals surface area contributed by atoms with Crippen LogP contribution in [-0.4, -0.2) is 39.7 Å². The van der Waals surface area contributed by atoms with E-state index in [0.717, 1.165) is 37.0 Å². The van der Waals surface area contributed by atoms with Crippen LogP contribution in [0.1, 0.15) is 30.4 Å². The molecule has 1 aliphatic heterocycles. The van der Waals surface area contributed by atoms with Gasteiger partial charge >= 0.3 is 0 Å². The van der Waals surface area contributed by atoms with Gasteiger partial charge in [-0.25, -0.2) is 4.98 Å². The van der Waals surface area contributed by atoms with Crippen molar-refractivity contribution < 1.29 is 9.59 Å². The van der Waals surface area contributed by atoms with Crippen molar-refractivity contribution in [2.24, 2.45) is 5.92 Å². The lowest BCUT2D eigenvalue weighted by Gasteiger charge is -2.30. The number of carbonyl (C=O) groups excluding carboxylic acids is 2. The fraction of sp³-hybridized carbons (Fsp3) is 0.438. The van der Waals surface area contributed by atoms with Gasteiger partial charge in [0.05, 0.1) is 11.0 Å². The van der Waals surface area contributed by atoms with Crippen molar-refractivity contribution in [3.8, 4) is 0 Å². The van der Waals surface area contributed by atoms with Gasteiger partial charge in [0.2, 0.25) is 5.91 Å². The van der Waals surface area contributed by atoms with Crippen LogP contribution in [0.4, 0.5) is 0 Å². The Morgan fingerprint density at radius 2 is 2.05 bits per heavy atom. The summed E-state index contributed by atoms with van der Waals surface area (Å²) in [5.74, 6) is 1.07. The highest BCUT2D eigenvalue weighted by atomic mass is 16.2. The summed E-state index contributed by atoms with van der Waals surface area (Å²) in [5, 5.41) is 0. The zero-order valence-corrected chi connectivity index (χ0v) is 12.2. The van der Waals surface area contributed by atoms with Crippen LogP contribution < -0.4 is 0 Å². The number of rotatable bonds is 3. The molecule has 1 saturated heterocycles. The molecule has 2 aromatic rings. The first-order chi connectivity index (χ1) is 10.2. The van der Waals surface area contributed by atoms with Gasteiger partial charge < -0.3 is 9.47 Å². The average molecular weight is 285 g/mol. The Labute approximate surface area is 123 Å². The van der Waals surface area contributed by atoms with Crippen LogP contribution in [-0.2, 0) is 11.3 Å². The Balaban J connectivity index is 1.84. The predicted molar refractivity (Wildman–Crippen MR) is 80.1 cm³/mol. The summed E-state index contributed by atoms with van der Waals surface area (Å²) in [7, 11) is 0. The predicted octanol–water partition coefficient (Wildman–Crippen LogP) is 2.11. The first kappa shape index (κ1) is 13.8. The maximum absolute atomic E-state index is 12.4. The summed E-state index contributed by atoms with van der Waals surface area (Å²) in [6, 6.07) is 7.51. The van der Waals surface area contributed by atoms with Gasteiger partial charge in [-0.05, 0) is 30.9 Å². The zero-order chi connectivity index (χ0) is 14.8. The van der Waals surface area contributed by atoms with E-state index in [1.54, 1.807) is 4.57 Å². The van der Waals surface area contributed by atoms with E-state index in [1.807, 2.05) is 29.2 Å². The fourth-order valence-corrected chi connectivity index (χ4v) is 2.84. The van der Waals surface area contributed by atoms with Crippen LogP contribution in [0.25, 0.3) is 11.0 Å². The van der Waals surface area contributed by atoms with Gasteiger partial charge in [-0.2, -0.15) is 0 Å². The number of benzene rings is 1. The molecule has 0 saturated carbocycles. The lowest BCUT2D eigenvalue weighted by Crippen LogP contribution is -2.39. The number of carbonyl (C=O) groups is 2. The van der Waals surface area contributed by atoms with E-state index in [9.17, 15) is 9.59 Å². The first-order valence-corrected chi connectivity index (χ1v) is 7.37. The van der Waals surface area contributed by atoms with Gasteiger partial charge in [-0.1, -0.05) is 19.1 Å². The lowest BCUT2D eigenvalue weighted by molar-refractivity contribution is -0.133. The van der Waals surface area contributed by atoms with Gasteiger partial charge in [-0.3, -0.25) is 9.59 Å². The number of piperidine rings is 1. The van der Waals surface area contributed by atoms with Gasteiger partial charge in [0.1, 0.15) is 6.54 Å². The van der Waals surface area contributed by atoms with Gasteiger partial charge in [0.15, 0.2) is 12.1 Å². The second-order valence-corrected chi connectivity index (χ2v) is 5.73.